The Hall–Kier alpha value is -1.84. The van der Waals surface area contributed by atoms with Crippen molar-refractivity contribution in [3.8, 4) is 11.5 Å². The summed E-state index contributed by atoms with van der Waals surface area (Å²) in [6, 6.07) is 5.25. The average molecular weight is 248 g/mol. The largest absolute Gasteiger partial charge is 0.493 e. The highest BCUT2D eigenvalue weighted by molar-refractivity contribution is 6.02. The van der Waals surface area contributed by atoms with Gasteiger partial charge in [-0.05, 0) is 31.9 Å². The lowest BCUT2D eigenvalue weighted by molar-refractivity contribution is -0.117. The topological polar surface area (TPSA) is 52.6 Å². The van der Waals surface area contributed by atoms with E-state index in [-0.39, 0.29) is 18.2 Å². The van der Waals surface area contributed by atoms with E-state index in [1.54, 1.807) is 25.1 Å². The molecule has 0 N–H and O–H groups in total. The van der Waals surface area contributed by atoms with E-state index < -0.39 is 0 Å². The van der Waals surface area contributed by atoms with Gasteiger partial charge in [-0.3, -0.25) is 4.79 Å². The number of carbonyl (C=O) groups excluding carboxylic acids is 2. The van der Waals surface area contributed by atoms with Crippen molar-refractivity contribution in [2.24, 2.45) is 0 Å². The zero-order valence-electron chi connectivity index (χ0n) is 10.4. The molecule has 1 aliphatic rings. The van der Waals surface area contributed by atoms with Crippen LogP contribution >= 0.6 is 0 Å². The van der Waals surface area contributed by atoms with Crippen LogP contribution in [0.1, 0.15) is 36.5 Å². The zero-order valence-corrected chi connectivity index (χ0v) is 10.4. The van der Waals surface area contributed by atoms with Gasteiger partial charge in [0.2, 0.25) is 5.78 Å². The van der Waals surface area contributed by atoms with Crippen molar-refractivity contribution in [3.63, 3.8) is 0 Å². The number of ketones is 2. The third-order valence-corrected chi connectivity index (χ3v) is 2.80. The molecule has 4 heteroatoms. The molecule has 0 amide bonds. The molecule has 96 valence electrons. The molecule has 0 aromatic heterocycles. The van der Waals surface area contributed by atoms with E-state index in [4.69, 9.17) is 9.47 Å². The van der Waals surface area contributed by atoms with Gasteiger partial charge in [0.1, 0.15) is 17.3 Å². The van der Waals surface area contributed by atoms with Crippen LogP contribution in [-0.4, -0.2) is 24.8 Å². The molecule has 1 aromatic rings. The van der Waals surface area contributed by atoms with Crippen LogP contribution < -0.4 is 9.47 Å². The summed E-state index contributed by atoms with van der Waals surface area (Å²) in [5.74, 6) is 1.52. The molecule has 0 unspecified atom stereocenters. The van der Waals surface area contributed by atoms with Crippen molar-refractivity contribution in [3.05, 3.63) is 23.8 Å². The Morgan fingerprint density at radius 1 is 1.39 bits per heavy atom. The van der Waals surface area contributed by atoms with Crippen molar-refractivity contribution >= 4 is 11.6 Å². The number of carbonyl (C=O) groups is 2. The van der Waals surface area contributed by atoms with Crippen LogP contribution in [0.25, 0.3) is 0 Å². The third kappa shape index (κ3) is 3.09. The van der Waals surface area contributed by atoms with Gasteiger partial charge in [0.25, 0.3) is 0 Å². The summed E-state index contributed by atoms with van der Waals surface area (Å²) in [6.45, 7) is 2.28. The number of Topliss-reactive ketones (excluding diaryl/α,β-unsaturated/α-hetero) is 2. The van der Waals surface area contributed by atoms with Crippen LogP contribution in [0.2, 0.25) is 0 Å². The maximum absolute atomic E-state index is 11.3. The molecule has 2 rings (SSSR count). The van der Waals surface area contributed by atoms with Crippen molar-refractivity contribution in [2.75, 3.05) is 13.2 Å². The van der Waals surface area contributed by atoms with Gasteiger partial charge >= 0.3 is 0 Å². The fraction of sp³-hybridized carbons (Fsp3) is 0.429. The van der Waals surface area contributed by atoms with Crippen molar-refractivity contribution in [1.82, 2.24) is 0 Å². The minimum absolute atomic E-state index is 0.0120. The Balaban J connectivity index is 1.80. The lowest BCUT2D eigenvalue weighted by Gasteiger charge is -2.06. The minimum atomic E-state index is 0.0120. The summed E-state index contributed by atoms with van der Waals surface area (Å²) in [5, 5.41) is 0. The number of benzene rings is 1. The van der Waals surface area contributed by atoms with Gasteiger partial charge in [-0.2, -0.15) is 0 Å². The lowest BCUT2D eigenvalue weighted by Crippen LogP contribution is -1.99. The smallest absolute Gasteiger partial charge is 0.203 e. The zero-order chi connectivity index (χ0) is 13.0. The molecule has 0 spiro atoms. The molecule has 0 saturated heterocycles. The third-order valence-electron chi connectivity index (χ3n) is 2.80. The van der Waals surface area contributed by atoms with Crippen molar-refractivity contribution in [2.45, 2.75) is 26.2 Å². The molecule has 1 aromatic carbocycles. The van der Waals surface area contributed by atoms with Crippen LogP contribution in [0.3, 0.4) is 0 Å². The standard InChI is InChI=1S/C14H16O4/c1-10(15)4-2-3-7-17-11-5-6-12-13(16)9-18-14(12)8-11/h5-6,8H,2-4,7,9H2,1H3. The maximum Gasteiger partial charge on any atom is 0.203 e. The molecule has 0 saturated carbocycles. The quantitative estimate of drug-likeness (QED) is 0.725. The Bertz CT molecular complexity index is 465. The Morgan fingerprint density at radius 2 is 2.22 bits per heavy atom. The first-order valence-corrected chi connectivity index (χ1v) is 6.09. The van der Waals surface area contributed by atoms with E-state index in [1.807, 2.05) is 0 Å². The summed E-state index contributed by atoms with van der Waals surface area (Å²) < 4.78 is 10.8. The molecule has 0 bridgehead atoms. The highest BCUT2D eigenvalue weighted by atomic mass is 16.5. The molecule has 0 atom stereocenters. The summed E-state index contributed by atoms with van der Waals surface area (Å²) in [7, 11) is 0. The number of rotatable bonds is 6. The van der Waals surface area contributed by atoms with E-state index in [0.717, 1.165) is 12.8 Å². The second-order valence-corrected chi connectivity index (χ2v) is 4.38. The van der Waals surface area contributed by atoms with Gasteiger partial charge in [0.05, 0.1) is 12.2 Å². The second-order valence-electron chi connectivity index (χ2n) is 4.38. The SMILES string of the molecule is CC(=O)CCCCOc1ccc2c(c1)OCC2=O. The van der Waals surface area contributed by atoms with E-state index >= 15 is 0 Å². The van der Waals surface area contributed by atoms with Gasteiger partial charge in [-0.25, -0.2) is 0 Å². The van der Waals surface area contributed by atoms with Gasteiger partial charge in [0, 0.05) is 12.5 Å². The van der Waals surface area contributed by atoms with Crippen LogP contribution in [0.15, 0.2) is 18.2 Å². The number of unbranched alkanes of at least 4 members (excludes halogenated alkanes) is 1. The maximum atomic E-state index is 11.3. The van der Waals surface area contributed by atoms with Crippen molar-refractivity contribution < 1.29 is 19.1 Å². The molecule has 4 nitrogen and oxygen atoms in total. The number of ether oxygens (including phenoxy) is 2. The summed E-state index contributed by atoms with van der Waals surface area (Å²) in [4.78, 5) is 22.1. The van der Waals surface area contributed by atoms with E-state index in [9.17, 15) is 9.59 Å². The van der Waals surface area contributed by atoms with Gasteiger partial charge in [0.15, 0.2) is 6.61 Å². The summed E-state index contributed by atoms with van der Waals surface area (Å²) >= 11 is 0. The van der Waals surface area contributed by atoms with Gasteiger partial charge < -0.3 is 14.3 Å². The normalized spacial score (nSPS) is 13.1. The lowest BCUT2D eigenvalue weighted by atomic mass is 10.1. The van der Waals surface area contributed by atoms with Crippen LogP contribution in [-0.2, 0) is 4.79 Å². The molecular formula is C14H16O4. The fourth-order valence-corrected chi connectivity index (χ4v) is 1.83. The summed E-state index contributed by atoms with van der Waals surface area (Å²) in [6.07, 6.45) is 2.29. The predicted octanol–water partition coefficient (Wildman–Crippen LogP) is 2.40. The second kappa shape index (κ2) is 5.67. The number of hydrogen-bond acceptors (Lipinski definition) is 4. The molecule has 18 heavy (non-hydrogen) atoms. The Morgan fingerprint density at radius 3 is 3.00 bits per heavy atom. The van der Waals surface area contributed by atoms with E-state index in [1.165, 1.54) is 0 Å². The summed E-state index contributed by atoms with van der Waals surface area (Å²) in [5.41, 5.74) is 0.624. The molecular weight excluding hydrogens is 232 g/mol. The number of fused-ring (bicyclic) bond motifs is 1. The molecule has 0 aliphatic carbocycles. The Labute approximate surface area is 106 Å². The van der Waals surface area contributed by atoms with Crippen LogP contribution in [0.4, 0.5) is 0 Å². The minimum Gasteiger partial charge on any atom is -0.493 e. The van der Waals surface area contributed by atoms with Gasteiger partial charge in [-0.15, -0.1) is 0 Å². The fourth-order valence-electron chi connectivity index (χ4n) is 1.83. The Kier molecular flexibility index (Phi) is 3.97. The first-order chi connectivity index (χ1) is 8.66. The highest BCUT2D eigenvalue weighted by Crippen LogP contribution is 2.29. The first kappa shape index (κ1) is 12.6. The highest BCUT2D eigenvalue weighted by Gasteiger charge is 2.21. The molecule has 0 fully saturated rings. The van der Waals surface area contributed by atoms with Crippen molar-refractivity contribution in [1.29, 1.82) is 0 Å². The first-order valence-electron chi connectivity index (χ1n) is 6.09. The molecule has 1 heterocycles. The van der Waals surface area contributed by atoms with E-state index in [2.05, 4.69) is 0 Å². The predicted molar refractivity (Wildman–Crippen MR) is 66.3 cm³/mol. The average Bonchev–Trinajstić information content (AvgIpc) is 2.70. The molecule has 0 radical (unpaired) electrons. The molecule has 1 aliphatic heterocycles. The van der Waals surface area contributed by atoms with E-state index in [0.29, 0.717) is 30.1 Å². The van der Waals surface area contributed by atoms with Gasteiger partial charge in [-0.1, -0.05) is 0 Å². The number of hydrogen-bond donors (Lipinski definition) is 0. The van der Waals surface area contributed by atoms with Crippen LogP contribution in [0, 0.1) is 0 Å². The van der Waals surface area contributed by atoms with Crippen LogP contribution in [0.5, 0.6) is 11.5 Å². The monoisotopic (exact) mass is 248 g/mol.